The summed E-state index contributed by atoms with van der Waals surface area (Å²) in [4.78, 5) is 16.7. The first-order valence-corrected chi connectivity index (χ1v) is 5.55. The van der Waals surface area contributed by atoms with Crippen LogP contribution in [0.1, 0.15) is 11.8 Å². The van der Waals surface area contributed by atoms with Crippen molar-refractivity contribution in [3.8, 4) is 0 Å². The smallest absolute Gasteiger partial charge is 0.248 e. The minimum absolute atomic E-state index is 0.0913. The number of rotatable bonds is 4. The quantitative estimate of drug-likeness (QED) is 0.829. The summed E-state index contributed by atoms with van der Waals surface area (Å²) in [7, 11) is 0. The first kappa shape index (κ1) is 10.7. The van der Waals surface area contributed by atoms with Crippen LogP contribution in [0.2, 0.25) is 0 Å². The molecule has 16 heavy (non-hydrogen) atoms. The molecule has 0 spiro atoms. The molecule has 0 bridgehead atoms. The van der Waals surface area contributed by atoms with E-state index in [1.807, 2.05) is 6.92 Å². The van der Waals surface area contributed by atoms with Gasteiger partial charge in [0, 0.05) is 11.1 Å². The summed E-state index contributed by atoms with van der Waals surface area (Å²) in [6.07, 6.45) is 4.07. The average molecular weight is 238 g/mol. The second kappa shape index (κ2) is 4.79. The Morgan fingerprint density at radius 2 is 2.50 bits per heavy atom. The number of nitrogens with zero attached hydrogens (tertiary/aromatic N) is 5. The van der Waals surface area contributed by atoms with Crippen LogP contribution in [0.25, 0.3) is 0 Å². The molecule has 1 amide bonds. The maximum Gasteiger partial charge on any atom is 0.248 e. The van der Waals surface area contributed by atoms with E-state index in [0.717, 1.165) is 11.3 Å². The molecule has 0 saturated heterocycles. The van der Waals surface area contributed by atoms with Gasteiger partial charge in [0.05, 0.1) is 0 Å². The lowest BCUT2D eigenvalue weighted by atomic mass is 10.4. The van der Waals surface area contributed by atoms with Gasteiger partial charge in [0.15, 0.2) is 5.13 Å². The summed E-state index contributed by atoms with van der Waals surface area (Å²) in [5, 5.41) is 13.8. The number of anilines is 1. The van der Waals surface area contributed by atoms with Crippen molar-refractivity contribution in [3.63, 3.8) is 0 Å². The summed E-state index contributed by atoms with van der Waals surface area (Å²) in [6.45, 7) is 2.13. The highest BCUT2D eigenvalue weighted by Gasteiger charge is 2.07. The Hall–Kier alpha value is -1.83. The van der Waals surface area contributed by atoms with Gasteiger partial charge in [-0.2, -0.15) is 0 Å². The van der Waals surface area contributed by atoms with Gasteiger partial charge >= 0.3 is 0 Å². The van der Waals surface area contributed by atoms with E-state index in [1.54, 1.807) is 6.20 Å². The van der Waals surface area contributed by atoms with Crippen LogP contribution in [0.3, 0.4) is 0 Å². The van der Waals surface area contributed by atoms with E-state index >= 15 is 0 Å². The third-order valence-corrected chi connectivity index (χ3v) is 2.90. The van der Waals surface area contributed by atoms with Crippen molar-refractivity contribution in [2.45, 2.75) is 19.9 Å². The molecule has 0 aliphatic carbocycles. The molecule has 2 heterocycles. The van der Waals surface area contributed by atoms with Gasteiger partial charge < -0.3 is 5.32 Å². The molecule has 0 unspecified atom stereocenters. The molecule has 0 saturated carbocycles. The number of thiazole rings is 1. The molecule has 7 nitrogen and oxygen atoms in total. The number of hydrogen-bond acceptors (Lipinski definition) is 6. The van der Waals surface area contributed by atoms with Crippen LogP contribution in [-0.2, 0) is 17.8 Å². The largest absolute Gasteiger partial charge is 0.300 e. The fraction of sp³-hybridized carbons (Fsp3) is 0.375. The minimum atomic E-state index is -0.190. The summed E-state index contributed by atoms with van der Waals surface area (Å²) in [5.41, 5.74) is 0. The van der Waals surface area contributed by atoms with Gasteiger partial charge in [-0.25, -0.2) is 9.67 Å². The summed E-state index contributed by atoms with van der Waals surface area (Å²) in [5.74, 6) is -0.190. The van der Waals surface area contributed by atoms with Gasteiger partial charge in [0.2, 0.25) is 5.91 Å². The standard InChI is InChI=1S/C8H10N6OS/c1-2-6-3-9-8(16-6)11-7(15)4-14-5-10-12-13-14/h3,5H,2,4H2,1H3,(H,9,11,15). The Morgan fingerprint density at radius 3 is 3.12 bits per heavy atom. The molecule has 0 aliphatic rings. The number of amides is 1. The molecule has 8 heteroatoms. The molecule has 0 fully saturated rings. The van der Waals surface area contributed by atoms with Crippen molar-refractivity contribution in [2.75, 3.05) is 5.32 Å². The van der Waals surface area contributed by atoms with E-state index in [-0.39, 0.29) is 12.5 Å². The molecule has 2 aromatic heterocycles. The highest BCUT2D eigenvalue weighted by atomic mass is 32.1. The fourth-order valence-electron chi connectivity index (χ4n) is 1.09. The highest BCUT2D eigenvalue weighted by molar-refractivity contribution is 7.15. The van der Waals surface area contributed by atoms with E-state index in [0.29, 0.717) is 5.13 Å². The minimum Gasteiger partial charge on any atom is -0.300 e. The topological polar surface area (TPSA) is 85.6 Å². The van der Waals surface area contributed by atoms with Gasteiger partial charge in [0.1, 0.15) is 12.9 Å². The number of tetrazole rings is 1. The molecular weight excluding hydrogens is 228 g/mol. The number of carbonyl (C=O) groups excluding carboxylic acids is 1. The molecule has 1 N–H and O–H groups in total. The van der Waals surface area contributed by atoms with Crippen molar-refractivity contribution >= 4 is 22.4 Å². The Kier molecular flexibility index (Phi) is 3.20. The van der Waals surface area contributed by atoms with Gasteiger partial charge in [-0.05, 0) is 16.8 Å². The zero-order chi connectivity index (χ0) is 11.4. The van der Waals surface area contributed by atoms with Crippen molar-refractivity contribution in [1.29, 1.82) is 0 Å². The normalized spacial score (nSPS) is 10.3. The highest BCUT2D eigenvalue weighted by Crippen LogP contribution is 2.17. The molecular formula is C8H10N6OS. The van der Waals surface area contributed by atoms with Gasteiger partial charge in [-0.3, -0.25) is 4.79 Å². The number of hydrogen-bond donors (Lipinski definition) is 1. The van der Waals surface area contributed by atoms with Crippen molar-refractivity contribution in [3.05, 3.63) is 17.4 Å². The van der Waals surface area contributed by atoms with Crippen LogP contribution in [0.15, 0.2) is 12.5 Å². The van der Waals surface area contributed by atoms with E-state index in [2.05, 4.69) is 25.8 Å². The van der Waals surface area contributed by atoms with E-state index in [1.165, 1.54) is 22.3 Å². The van der Waals surface area contributed by atoms with Crippen LogP contribution in [-0.4, -0.2) is 31.1 Å². The van der Waals surface area contributed by atoms with Gasteiger partial charge in [-0.1, -0.05) is 6.92 Å². The predicted octanol–water partition coefficient (Wildman–Crippen LogP) is 0.331. The van der Waals surface area contributed by atoms with Crippen molar-refractivity contribution in [1.82, 2.24) is 25.2 Å². The monoisotopic (exact) mass is 238 g/mol. The van der Waals surface area contributed by atoms with Crippen molar-refractivity contribution in [2.24, 2.45) is 0 Å². The molecule has 0 radical (unpaired) electrons. The summed E-state index contributed by atoms with van der Waals surface area (Å²) < 4.78 is 1.35. The lowest BCUT2D eigenvalue weighted by Crippen LogP contribution is -2.18. The lowest BCUT2D eigenvalue weighted by molar-refractivity contribution is -0.116. The maximum atomic E-state index is 11.5. The second-order valence-electron chi connectivity index (χ2n) is 3.04. The van der Waals surface area contributed by atoms with E-state index in [4.69, 9.17) is 0 Å². The Balaban J connectivity index is 1.92. The Bertz CT molecular complexity index is 465. The van der Waals surface area contributed by atoms with Crippen LogP contribution >= 0.6 is 11.3 Å². The van der Waals surface area contributed by atoms with Gasteiger partial charge in [-0.15, -0.1) is 16.4 Å². The predicted molar refractivity (Wildman–Crippen MR) is 57.9 cm³/mol. The van der Waals surface area contributed by atoms with Crippen LogP contribution in [0.4, 0.5) is 5.13 Å². The van der Waals surface area contributed by atoms with Crippen LogP contribution in [0.5, 0.6) is 0 Å². The molecule has 0 aliphatic heterocycles. The number of nitrogens with one attached hydrogen (secondary N) is 1. The molecule has 84 valence electrons. The SMILES string of the molecule is CCc1cnc(NC(=O)Cn2cnnn2)s1. The average Bonchev–Trinajstić information content (AvgIpc) is 2.89. The summed E-state index contributed by atoms with van der Waals surface area (Å²) in [6, 6.07) is 0. The Labute approximate surface area is 95.5 Å². The third-order valence-electron chi connectivity index (χ3n) is 1.85. The van der Waals surface area contributed by atoms with Gasteiger partial charge in [0.25, 0.3) is 0 Å². The number of carbonyl (C=O) groups is 1. The zero-order valence-corrected chi connectivity index (χ0v) is 9.44. The van der Waals surface area contributed by atoms with Crippen LogP contribution < -0.4 is 5.32 Å². The van der Waals surface area contributed by atoms with Crippen molar-refractivity contribution < 1.29 is 4.79 Å². The maximum absolute atomic E-state index is 11.5. The summed E-state index contributed by atoms with van der Waals surface area (Å²) >= 11 is 1.47. The Morgan fingerprint density at radius 1 is 1.62 bits per heavy atom. The molecule has 2 rings (SSSR count). The van der Waals surface area contributed by atoms with E-state index < -0.39 is 0 Å². The molecule has 2 aromatic rings. The van der Waals surface area contributed by atoms with E-state index in [9.17, 15) is 4.79 Å². The third kappa shape index (κ3) is 2.60. The number of aryl methyl sites for hydroxylation is 1. The first-order chi connectivity index (χ1) is 7.78. The second-order valence-corrected chi connectivity index (χ2v) is 4.16. The zero-order valence-electron chi connectivity index (χ0n) is 8.62. The molecule has 0 atom stereocenters. The molecule has 0 aromatic carbocycles. The first-order valence-electron chi connectivity index (χ1n) is 4.73. The lowest BCUT2D eigenvalue weighted by Gasteiger charge is -1.99. The fourth-order valence-corrected chi connectivity index (χ4v) is 1.86. The van der Waals surface area contributed by atoms with Crippen LogP contribution in [0, 0.1) is 0 Å². The number of aromatic nitrogens is 5.